The second-order valence-corrected chi connectivity index (χ2v) is 6.11. The second kappa shape index (κ2) is 5.98. The van der Waals surface area contributed by atoms with Gasteiger partial charge in [-0.2, -0.15) is 0 Å². The monoisotopic (exact) mass is 320 g/mol. The number of carbonyl (C=O) groups is 2. The topological polar surface area (TPSA) is 97.7 Å². The summed E-state index contributed by atoms with van der Waals surface area (Å²) in [6, 6.07) is 10.8. The van der Waals surface area contributed by atoms with E-state index in [-0.39, 0.29) is 11.3 Å². The molecule has 0 amide bonds. The van der Waals surface area contributed by atoms with Gasteiger partial charge in [-0.05, 0) is 24.3 Å². The standard InChI is InChI=1S/C15H12O6S/c1-21-12-8-4-2-6-10(12)15(18)22(19,20)13-9-5-3-7-11(13)14(16)17/h2-9H,1H3,(H,16,17). The van der Waals surface area contributed by atoms with Gasteiger partial charge in [-0.3, -0.25) is 4.79 Å². The van der Waals surface area contributed by atoms with E-state index >= 15 is 0 Å². The first-order valence-electron chi connectivity index (χ1n) is 6.14. The fraction of sp³-hybridized carbons (Fsp3) is 0.0667. The molecule has 0 fully saturated rings. The minimum Gasteiger partial charge on any atom is -0.496 e. The lowest BCUT2D eigenvalue weighted by atomic mass is 10.2. The molecule has 0 unspecified atom stereocenters. The van der Waals surface area contributed by atoms with Crippen molar-refractivity contribution in [1.82, 2.24) is 0 Å². The maximum atomic E-state index is 12.5. The molecule has 0 saturated heterocycles. The molecule has 114 valence electrons. The zero-order chi connectivity index (χ0) is 16.3. The van der Waals surface area contributed by atoms with Gasteiger partial charge in [0.1, 0.15) is 5.75 Å². The quantitative estimate of drug-likeness (QED) is 0.925. The highest BCUT2D eigenvalue weighted by Gasteiger charge is 2.32. The van der Waals surface area contributed by atoms with Crippen LogP contribution in [0.1, 0.15) is 20.7 Å². The largest absolute Gasteiger partial charge is 0.496 e. The molecule has 22 heavy (non-hydrogen) atoms. The van der Waals surface area contributed by atoms with Crippen molar-refractivity contribution >= 4 is 20.9 Å². The number of hydrogen-bond donors (Lipinski definition) is 1. The molecule has 0 saturated carbocycles. The Morgan fingerprint density at radius 2 is 1.50 bits per heavy atom. The van der Waals surface area contributed by atoms with Gasteiger partial charge in [-0.1, -0.05) is 24.3 Å². The van der Waals surface area contributed by atoms with Crippen LogP contribution in [0.2, 0.25) is 0 Å². The molecule has 0 aliphatic carbocycles. The Labute approximate surface area is 126 Å². The number of hydrogen-bond acceptors (Lipinski definition) is 5. The number of para-hydroxylation sites is 1. The summed E-state index contributed by atoms with van der Waals surface area (Å²) in [5.74, 6) is -1.32. The SMILES string of the molecule is COc1ccccc1C(=O)S(=O)(=O)c1ccccc1C(=O)O. The lowest BCUT2D eigenvalue weighted by Gasteiger charge is -2.09. The lowest BCUT2D eigenvalue weighted by molar-refractivity contribution is 0.0692. The third-order valence-corrected chi connectivity index (χ3v) is 4.62. The average Bonchev–Trinajstić information content (AvgIpc) is 2.54. The molecular weight excluding hydrogens is 308 g/mol. The van der Waals surface area contributed by atoms with Crippen molar-refractivity contribution in [1.29, 1.82) is 0 Å². The summed E-state index contributed by atoms with van der Waals surface area (Å²) in [6.07, 6.45) is 0. The van der Waals surface area contributed by atoms with Crippen LogP contribution in [0.25, 0.3) is 0 Å². The maximum absolute atomic E-state index is 12.5. The van der Waals surface area contributed by atoms with Crippen molar-refractivity contribution in [2.75, 3.05) is 7.11 Å². The zero-order valence-corrected chi connectivity index (χ0v) is 12.3. The van der Waals surface area contributed by atoms with Crippen molar-refractivity contribution in [2.45, 2.75) is 4.90 Å². The van der Waals surface area contributed by atoms with E-state index in [1.807, 2.05) is 0 Å². The van der Waals surface area contributed by atoms with Gasteiger partial charge in [0.2, 0.25) is 9.84 Å². The Morgan fingerprint density at radius 1 is 0.955 bits per heavy atom. The molecule has 2 rings (SSSR count). The molecule has 0 radical (unpaired) electrons. The molecule has 0 aliphatic rings. The van der Waals surface area contributed by atoms with Crippen LogP contribution in [0.5, 0.6) is 5.75 Å². The van der Waals surface area contributed by atoms with Crippen molar-refractivity contribution in [2.24, 2.45) is 0 Å². The number of benzene rings is 2. The first-order chi connectivity index (χ1) is 10.4. The van der Waals surface area contributed by atoms with Crippen molar-refractivity contribution < 1.29 is 27.9 Å². The van der Waals surface area contributed by atoms with Crippen molar-refractivity contribution in [3.05, 3.63) is 59.7 Å². The number of ether oxygens (including phenoxy) is 1. The minimum atomic E-state index is -4.50. The zero-order valence-electron chi connectivity index (χ0n) is 11.5. The van der Waals surface area contributed by atoms with Crippen LogP contribution in [0.15, 0.2) is 53.4 Å². The van der Waals surface area contributed by atoms with Gasteiger partial charge in [0.05, 0.1) is 23.1 Å². The molecule has 0 heterocycles. The van der Waals surface area contributed by atoms with Crippen LogP contribution in [-0.4, -0.2) is 31.7 Å². The van der Waals surface area contributed by atoms with Crippen LogP contribution in [0.3, 0.4) is 0 Å². The predicted octanol–water partition coefficient (Wildman–Crippen LogP) is 2.01. The third kappa shape index (κ3) is 2.71. The molecule has 0 spiro atoms. The van der Waals surface area contributed by atoms with Crippen LogP contribution in [-0.2, 0) is 9.84 Å². The van der Waals surface area contributed by atoms with E-state index in [1.165, 1.54) is 37.4 Å². The summed E-state index contributed by atoms with van der Waals surface area (Å²) in [7, 11) is -3.19. The Kier molecular flexibility index (Phi) is 4.27. The van der Waals surface area contributed by atoms with Gasteiger partial charge in [0.15, 0.2) is 0 Å². The van der Waals surface area contributed by atoms with E-state index in [9.17, 15) is 18.0 Å². The molecule has 2 aromatic carbocycles. The fourth-order valence-electron chi connectivity index (χ4n) is 1.94. The number of carboxylic acids is 1. The number of aromatic carboxylic acids is 1. The summed E-state index contributed by atoms with van der Waals surface area (Å²) in [5, 5.41) is 7.87. The highest BCUT2D eigenvalue weighted by atomic mass is 32.2. The van der Waals surface area contributed by atoms with E-state index in [0.29, 0.717) is 0 Å². The van der Waals surface area contributed by atoms with Crippen LogP contribution in [0.4, 0.5) is 0 Å². The number of sulfone groups is 1. The normalized spacial score (nSPS) is 11.0. The Bertz CT molecular complexity index is 839. The Balaban J connectivity index is 2.61. The Hall–Kier alpha value is -2.67. The Morgan fingerprint density at radius 3 is 2.09 bits per heavy atom. The lowest BCUT2D eigenvalue weighted by Crippen LogP contribution is -2.19. The van der Waals surface area contributed by atoms with Crippen LogP contribution >= 0.6 is 0 Å². The van der Waals surface area contributed by atoms with Crippen molar-refractivity contribution in [3.8, 4) is 5.75 Å². The molecule has 7 heteroatoms. The maximum Gasteiger partial charge on any atom is 0.337 e. The highest BCUT2D eigenvalue weighted by molar-refractivity contribution is 8.06. The van der Waals surface area contributed by atoms with Gasteiger partial charge in [0, 0.05) is 0 Å². The highest BCUT2D eigenvalue weighted by Crippen LogP contribution is 2.25. The predicted molar refractivity (Wildman–Crippen MR) is 77.9 cm³/mol. The van der Waals surface area contributed by atoms with E-state index in [4.69, 9.17) is 9.84 Å². The first kappa shape index (κ1) is 15.7. The van der Waals surface area contributed by atoms with Gasteiger partial charge in [0.25, 0.3) is 5.12 Å². The van der Waals surface area contributed by atoms with E-state index in [1.54, 1.807) is 6.07 Å². The van der Waals surface area contributed by atoms with Gasteiger partial charge in [-0.25, -0.2) is 13.2 Å². The smallest absolute Gasteiger partial charge is 0.337 e. The molecule has 2 aromatic rings. The fourth-order valence-corrected chi connectivity index (χ4v) is 3.30. The van der Waals surface area contributed by atoms with Gasteiger partial charge in [-0.15, -0.1) is 0 Å². The van der Waals surface area contributed by atoms with Crippen LogP contribution in [0, 0.1) is 0 Å². The molecular formula is C15H12O6S. The summed E-state index contributed by atoms with van der Waals surface area (Å²) in [5.41, 5.74) is -0.601. The molecule has 0 aliphatic heterocycles. The first-order valence-corrected chi connectivity index (χ1v) is 7.62. The number of carboxylic acid groups (broad SMARTS) is 1. The van der Waals surface area contributed by atoms with E-state index in [0.717, 1.165) is 12.1 Å². The van der Waals surface area contributed by atoms with E-state index in [2.05, 4.69) is 0 Å². The summed E-state index contributed by atoms with van der Waals surface area (Å²) >= 11 is 0. The third-order valence-electron chi connectivity index (χ3n) is 2.98. The van der Waals surface area contributed by atoms with Gasteiger partial charge >= 0.3 is 5.97 Å². The molecule has 0 atom stereocenters. The summed E-state index contributed by atoms with van der Waals surface area (Å²) < 4.78 is 29.9. The second-order valence-electron chi connectivity index (χ2n) is 4.29. The molecule has 6 nitrogen and oxygen atoms in total. The van der Waals surface area contributed by atoms with Crippen LogP contribution < -0.4 is 4.74 Å². The number of methoxy groups -OCH3 is 1. The minimum absolute atomic E-state index is 0.101. The molecule has 0 bridgehead atoms. The van der Waals surface area contributed by atoms with Gasteiger partial charge < -0.3 is 9.84 Å². The number of rotatable bonds is 4. The van der Waals surface area contributed by atoms with E-state index < -0.39 is 31.4 Å². The number of carbonyl (C=O) groups excluding carboxylic acids is 1. The average molecular weight is 320 g/mol. The summed E-state index contributed by atoms with van der Waals surface area (Å²) in [6.45, 7) is 0. The summed E-state index contributed by atoms with van der Waals surface area (Å²) in [4.78, 5) is 23.0. The molecule has 0 aromatic heterocycles. The molecule has 1 N–H and O–H groups in total. The van der Waals surface area contributed by atoms with Crippen molar-refractivity contribution in [3.63, 3.8) is 0 Å².